The molecule has 2 N–H and O–H groups in total. The molecule has 3 heterocycles. The molecule has 5 heteroatoms. The number of piperidine rings is 1. The molecular formula is C13H17BrN4. The standard InChI is InChI=1S/C13H17BrN4/c1-18-13(10-5-3-7-16-10)11(14)12(17-18)9-4-2-6-15-8-9/h3,5,7,9,15-16H,2,4,6,8H2,1H3. The lowest BCUT2D eigenvalue weighted by molar-refractivity contribution is 0.450. The Labute approximate surface area is 115 Å². The van der Waals surface area contributed by atoms with E-state index in [9.17, 15) is 0 Å². The Hall–Kier alpha value is -1.07. The van der Waals surface area contributed by atoms with Crippen molar-refractivity contribution in [2.45, 2.75) is 18.8 Å². The zero-order valence-electron chi connectivity index (χ0n) is 10.4. The first-order chi connectivity index (χ1) is 8.77. The Balaban J connectivity index is 2.00. The van der Waals surface area contributed by atoms with E-state index in [-0.39, 0.29) is 0 Å². The summed E-state index contributed by atoms with van der Waals surface area (Å²) >= 11 is 3.73. The van der Waals surface area contributed by atoms with Crippen molar-refractivity contribution < 1.29 is 0 Å². The van der Waals surface area contributed by atoms with E-state index < -0.39 is 0 Å². The maximum Gasteiger partial charge on any atom is 0.0986 e. The number of halogens is 1. The van der Waals surface area contributed by atoms with Gasteiger partial charge in [-0.25, -0.2) is 0 Å². The number of hydrogen-bond acceptors (Lipinski definition) is 2. The van der Waals surface area contributed by atoms with Crippen LogP contribution in [0.3, 0.4) is 0 Å². The van der Waals surface area contributed by atoms with Crippen LogP contribution >= 0.6 is 15.9 Å². The minimum Gasteiger partial charge on any atom is -0.360 e. The first-order valence-corrected chi connectivity index (χ1v) is 7.13. The molecule has 0 aliphatic carbocycles. The number of rotatable bonds is 2. The van der Waals surface area contributed by atoms with Crippen LogP contribution in [0.2, 0.25) is 0 Å². The fourth-order valence-corrected chi connectivity index (χ4v) is 3.51. The second-order valence-electron chi connectivity index (χ2n) is 4.80. The van der Waals surface area contributed by atoms with Crippen LogP contribution in [0.25, 0.3) is 11.4 Å². The number of nitrogens with zero attached hydrogens (tertiary/aromatic N) is 2. The lowest BCUT2D eigenvalue weighted by Crippen LogP contribution is -2.28. The third-order valence-electron chi connectivity index (χ3n) is 3.55. The summed E-state index contributed by atoms with van der Waals surface area (Å²) in [6.45, 7) is 2.16. The smallest absolute Gasteiger partial charge is 0.0986 e. The van der Waals surface area contributed by atoms with Gasteiger partial charge in [0.1, 0.15) is 0 Å². The molecule has 96 valence electrons. The van der Waals surface area contributed by atoms with Gasteiger partial charge in [0.05, 0.1) is 21.6 Å². The van der Waals surface area contributed by atoms with E-state index in [0.717, 1.165) is 29.0 Å². The molecule has 1 fully saturated rings. The Bertz CT molecular complexity index is 523. The topological polar surface area (TPSA) is 45.6 Å². The van der Waals surface area contributed by atoms with Gasteiger partial charge in [-0.1, -0.05) is 0 Å². The average Bonchev–Trinajstić information content (AvgIpc) is 2.99. The number of H-pyrrole nitrogens is 1. The van der Waals surface area contributed by atoms with Gasteiger partial charge < -0.3 is 10.3 Å². The number of hydrogen-bond donors (Lipinski definition) is 2. The lowest BCUT2D eigenvalue weighted by atomic mass is 9.96. The molecule has 1 unspecified atom stereocenters. The van der Waals surface area contributed by atoms with Crippen molar-refractivity contribution in [2.24, 2.45) is 7.05 Å². The summed E-state index contributed by atoms with van der Waals surface area (Å²) < 4.78 is 3.08. The fraction of sp³-hybridized carbons (Fsp3) is 0.462. The van der Waals surface area contributed by atoms with Gasteiger partial charge in [-0.05, 0) is 47.4 Å². The summed E-state index contributed by atoms with van der Waals surface area (Å²) in [5.41, 5.74) is 3.40. The number of aryl methyl sites for hydroxylation is 1. The quantitative estimate of drug-likeness (QED) is 0.896. The Morgan fingerprint density at radius 1 is 1.50 bits per heavy atom. The van der Waals surface area contributed by atoms with Crippen molar-refractivity contribution in [1.29, 1.82) is 0 Å². The zero-order valence-corrected chi connectivity index (χ0v) is 12.0. The third kappa shape index (κ3) is 2.01. The monoisotopic (exact) mass is 308 g/mol. The van der Waals surface area contributed by atoms with E-state index in [1.807, 2.05) is 24.0 Å². The van der Waals surface area contributed by atoms with E-state index >= 15 is 0 Å². The Morgan fingerprint density at radius 2 is 2.39 bits per heavy atom. The summed E-state index contributed by atoms with van der Waals surface area (Å²) in [4.78, 5) is 3.24. The molecule has 2 aromatic heterocycles. The Morgan fingerprint density at radius 3 is 3.06 bits per heavy atom. The van der Waals surface area contributed by atoms with Crippen LogP contribution in [0.4, 0.5) is 0 Å². The van der Waals surface area contributed by atoms with Gasteiger partial charge in [0.15, 0.2) is 0 Å². The molecule has 1 aliphatic heterocycles. The maximum atomic E-state index is 4.70. The second kappa shape index (κ2) is 4.90. The van der Waals surface area contributed by atoms with Crippen LogP contribution in [-0.4, -0.2) is 27.9 Å². The van der Waals surface area contributed by atoms with Crippen molar-refractivity contribution in [1.82, 2.24) is 20.1 Å². The molecule has 0 aromatic carbocycles. The van der Waals surface area contributed by atoms with E-state index in [1.54, 1.807) is 0 Å². The van der Waals surface area contributed by atoms with E-state index in [2.05, 4.69) is 32.3 Å². The molecule has 1 aliphatic rings. The maximum absolute atomic E-state index is 4.70. The summed E-state index contributed by atoms with van der Waals surface area (Å²) in [6, 6.07) is 4.08. The summed E-state index contributed by atoms with van der Waals surface area (Å²) in [7, 11) is 2.00. The van der Waals surface area contributed by atoms with Gasteiger partial charge in [-0.15, -0.1) is 0 Å². The lowest BCUT2D eigenvalue weighted by Gasteiger charge is -2.21. The van der Waals surface area contributed by atoms with Crippen molar-refractivity contribution in [2.75, 3.05) is 13.1 Å². The molecule has 0 bridgehead atoms. The average molecular weight is 309 g/mol. The largest absolute Gasteiger partial charge is 0.360 e. The number of aromatic nitrogens is 3. The predicted octanol–water partition coefficient (Wildman–Crippen LogP) is 2.64. The minimum absolute atomic E-state index is 0.517. The van der Waals surface area contributed by atoms with Crippen LogP contribution in [0.1, 0.15) is 24.5 Å². The molecule has 0 saturated carbocycles. The van der Waals surface area contributed by atoms with Gasteiger partial charge in [0.25, 0.3) is 0 Å². The SMILES string of the molecule is Cn1nc(C2CCCNC2)c(Br)c1-c1ccc[nH]1. The molecule has 0 amide bonds. The second-order valence-corrected chi connectivity index (χ2v) is 5.59. The number of nitrogens with one attached hydrogen (secondary N) is 2. The highest BCUT2D eigenvalue weighted by Crippen LogP contribution is 2.35. The minimum atomic E-state index is 0.517. The van der Waals surface area contributed by atoms with Gasteiger partial charge >= 0.3 is 0 Å². The molecular weight excluding hydrogens is 292 g/mol. The van der Waals surface area contributed by atoms with Crippen LogP contribution in [0.15, 0.2) is 22.8 Å². The molecule has 2 aromatic rings. The summed E-state index contributed by atoms with van der Waals surface area (Å²) in [5, 5.41) is 8.15. The van der Waals surface area contributed by atoms with Gasteiger partial charge in [-0.3, -0.25) is 4.68 Å². The summed E-state index contributed by atoms with van der Waals surface area (Å²) in [6.07, 6.45) is 4.38. The zero-order chi connectivity index (χ0) is 12.5. The predicted molar refractivity (Wildman–Crippen MR) is 75.5 cm³/mol. The molecule has 3 rings (SSSR count). The normalized spacial score (nSPS) is 20.2. The van der Waals surface area contributed by atoms with Gasteiger partial charge in [0.2, 0.25) is 0 Å². The first kappa shape index (κ1) is 12.0. The van der Waals surface area contributed by atoms with Crippen molar-refractivity contribution in [3.8, 4) is 11.4 Å². The number of aromatic amines is 1. The van der Waals surface area contributed by atoms with E-state index in [4.69, 9.17) is 5.10 Å². The Kier molecular flexibility index (Phi) is 3.26. The first-order valence-electron chi connectivity index (χ1n) is 6.34. The van der Waals surface area contributed by atoms with Crippen LogP contribution in [0.5, 0.6) is 0 Å². The van der Waals surface area contributed by atoms with Crippen LogP contribution in [-0.2, 0) is 7.05 Å². The fourth-order valence-electron chi connectivity index (χ4n) is 2.64. The molecule has 0 radical (unpaired) electrons. The van der Waals surface area contributed by atoms with Crippen molar-refractivity contribution >= 4 is 15.9 Å². The molecule has 4 nitrogen and oxygen atoms in total. The summed E-state index contributed by atoms with van der Waals surface area (Å²) in [5.74, 6) is 0.517. The highest BCUT2D eigenvalue weighted by atomic mass is 79.9. The van der Waals surface area contributed by atoms with Gasteiger partial charge in [-0.2, -0.15) is 5.10 Å². The molecule has 18 heavy (non-hydrogen) atoms. The van der Waals surface area contributed by atoms with Crippen molar-refractivity contribution in [3.63, 3.8) is 0 Å². The van der Waals surface area contributed by atoms with Gasteiger partial charge in [0, 0.05) is 25.7 Å². The third-order valence-corrected chi connectivity index (χ3v) is 4.33. The molecule has 0 spiro atoms. The highest BCUT2D eigenvalue weighted by Gasteiger charge is 2.24. The van der Waals surface area contributed by atoms with Crippen LogP contribution in [0, 0.1) is 0 Å². The van der Waals surface area contributed by atoms with E-state index in [1.165, 1.54) is 18.5 Å². The molecule has 1 atom stereocenters. The van der Waals surface area contributed by atoms with Crippen molar-refractivity contribution in [3.05, 3.63) is 28.5 Å². The van der Waals surface area contributed by atoms with Crippen LogP contribution < -0.4 is 5.32 Å². The highest BCUT2D eigenvalue weighted by molar-refractivity contribution is 9.10. The van der Waals surface area contributed by atoms with E-state index in [0.29, 0.717) is 5.92 Å². The molecule has 1 saturated heterocycles.